The number of nitrogens with zero attached hydrogens (tertiary/aromatic N) is 5. The van der Waals surface area contributed by atoms with Gasteiger partial charge in [-0.1, -0.05) is 17.7 Å². The van der Waals surface area contributed by atoms with E-state index >= 15 is 0 Å². The summed E-state index contributed by atoms with van der Waals surface area (Å²) in [6.07, 6.45) is 6.87. The summed E-state index contributed by atoms with van der Waals surface area (Å²) in [5, 5.41) is 1.24. The zero-order chi connectivity index (χ0) is 16.4. The zero-order valence-electron chi connectivity index (χ0n) is 12.3. The summed E-state index contributed by atoms with van der Waals surface area (Å²) in [6.45, 7) is 0. The van der Waals surface area contributed by atoms with E-state index in [9.17, 15) is 0 Å². The molecule has 0 atom stereocenters. The van der Waals surface area contributed by atoms with Gasteiger partial charge in [0, 0.05) is 30.4 Å². The Morgan fingerprint density at radius 1 is 0.833 bits per heavy atom. The van der Waals surface area contributed by atoms with Crippen LogP contribution in [-0.4, -0.2) is 24.9 Å². The summed E-state index contributed by atoms with van der Waals surface area (Å²) in [6, 6.07) is 11.3. The molecule has 0 aliphatic rings. The molecule has 0 bridgehead atoms. The standard InChI is InChI=1S/C17H10ClN5S/c18-15-14(24-17(23-15)11-4-2-7-19-10-11)12-5-1-6-13(22-12)16-20-8-3-9-21-16/h1-10H. The van der Waals surface area contributed by atoms with Gasteiger partial charge in [0.05, 0.1) is 10.6 Å². The topological polar surface area (TPSA) is 64.5 Å². The van der Waals surface area contributed by atoms with Crippen LogP contribution in [0.1, 0.15) is 0 Å². The Bertz CT molecular complexity index is 973. The summed E-state index contributed by atoms with van der Waals surface area (Å²) in [5.41, 5.74) is 2.37. The molecule has 0 radical (unpaired) electrons. The Balaban J connectivity index is 1.76. The molecule has 0 unspecified atom stereocenters. The van der Waals surface area contributed by atoms with Crippen molar-refractivity contribution in [1.82, 2.24) is 24.9 Å². The molecule has 4 heterocycles. The van der Waals surface area contributed by atoms with Crippen molar-refractivity contribution in [1.29, 1.82) is 0 Å². The second-order valence-corrected chi connectivity index (χ2v) is 6.22. The lowest BCUT2D eigenvalue weighted by molar-refractivity contribution is 1.14. The molecule has 0 saturated carbocycles. The van der Waals surface area contributed by atoms with Crippen LogP contribution in [-0.2, 0) is 0 Å². The molecule has 4 rings (SSSR count). The van der Waals surface area contributed by atoms with Gasteiger partial charge in [0.1, 0.15) is 15.9 Å². The predicted molar refractivity (Wildman–Crippen MR) is 94.6 cm³/mol. The lowest BCUT2D eigenvalue weighted by Gasteiger charge is -2.01. The lowest BCUT2D eigenvalue weighted by atomic mass is 10.2. The normalized spacial score (nSPS) is 10.7. The second kappa shape index (κ2) is 6.43. The molecule has 4 aromatic rings. The highest BCUT2D eigenvalue weighted by Crippen LogP contribution is 2.37. The van der Waals surface area contributed by atoms with Crippen LogP contribution in [0.3, 0.4) is 0 Å². The van der Waals surface area contributed by atoms with Crippen molar-refractivity contribution >= 4 is 22.9 Å². The molecule has 0 N–H and O–H groups in total. The summed E-state index contributed by atoms with van der Waals surface area (Å²) in [7, 11) is 0. The number of hydrogen-bond acceptors (Lipinski definition) is 6. The molecule has 116 valence electrons. The van der Waals surface area contributed by atoms with E-state index in [0.29, 0.717) is 16.7 Å². The van der Waals surface area contributed by atoms with Crippen molar-refractivity contribution < 1.29 is 0 Å². The van der Waals surface area contributed by atoms with Crippen molar-refractivity contribution in [2.45, 2.75) is 0 Å². The van der Waals surface area contributed by atoms with Crippen LogP contribution in [0.2, 0.25) is 5.15 Å². The molecule has 0 amide bonds. The maximum Gasteiger partial charge on any atom is 0.178 e. The van der Waals surface area contributed by atoms with Gasteiger partial charge >= 0.3 is 0 Å². The molecular weight excluding hydrogens is 342 g/mol. The van der Waals surface area contributed by atoms with Crippen LogP contribution in [0.25, 0.3) is 32.7 Å². The van der Waals surface area contributed by atoms with Gasteiger partial charge in [-0.2, -0.15) is 0 Å². The van der Waals surface area contributed by atoms with Crippen LogP contribution in [0, 0.1) is 0 Å². The first kappa shape index (κ1) is 14.9. The van der Waals surface area contributed by atoms with Crippen LogP contribution in [0.4, 0.5) is 0 Å². The fourth-order valence-electron chi connectivity index (χ4n) is 2.19. The van der Waals surface area contributed by atoms with Crippen molar-refractivity contribution in [2.24, 2.45) is 0 Å². The summed E-state index contributed by atoms with van der Waals surface area (Å²) < 4.78 is 0. The van der Waals surface area contributed by atoms with Gasteiger partial charge in [0.15, 0.2) is 5.82 Å². The van der Waals surface area contributed by atoms with Crippen LogP contribution < -0.4 is 0 Å². The maximum atomic E-state index is 6.34. The van der Waals surface area contributed by atoms with Gasteiger partial charge in [-0.15, -0.1) is 11.3 Å². The van der Waals surface area contributed by atoms with E-state index < -0.39 is 0 Å². The third-order valence-corrected chi connectivity index (χ3v) is 4.78. The highest BCUT2D eigenvalue weighted by Gasteiger charge is 2.15. The molecule has 0 aliphatic carbocycles. The Hall–Kier alpha value is -2.70. The number of hydrogen-bond donors (Lipinski definition) is 0. The first-order chi connectivity index (χ1) is 11.8. The van der Waals surface area contributed by atoms with Gasteiger partial charge in [0.2, 0.25) is 0 Å². The van der Waals surface area contributed by atoms with E-state index in [1.807, 2.05) is 30.3 Å². The molecule has 7 heteroatoms. The molecule has 0 aromatic carbocycles. The van der Waals surface area contributed by atoms with Crippen LogP contribution in [0.5, 0.6) is 0 Å². The minimum atomic E-state index is 0.428. The van der Waals surface area contributed by atoms with Gasteiger partial charge < -0.3 is 0 Å². The van der Waals surface area contributed by atoms with Crippen molar-refractivity contribution in [3.8, 4) is 32.7 Å². The minimum Gasteiger partial charge on any atom is -0.264 e. The third kappa shape index (κ3) is 2.89. The maximum absolute atomic E-state index is 6.34. The Morgan fingerprint density at radius 3 is 2.46 bits per heavy atom. The smallest absolute Gasteiger partial charge is 0.178 e. The Labute approximate surface area is 147 Å². The quantitative estimate of drug-likeness (QED) is 0.548. The summed E-state index contributed by atoms with van der Waals surface area (Å²) in [5.74, 6) is 0.576. The number of pyridine rings is 2. The van der Waals surface area contributed by atoms with Crippen LogP contribution >= 0.6 is 22.9 Å². The first-order valence-corrected chi connectivity index (χ1v) is 8.32. The van der Waals surface area contributed by atoms with E-state index in [2.05, 4.69) is 24.9 Å². The molecule has 0 fully saturated rings. The predicted octanol–water partition coefficient (Wildman–Crippen LogP) is 4.38. The Kier molecular flexibility index (Phi) is 3.98. The van der Waals surface area contributed by atoms with E-state index in [0.717, 1.165) is 21.1 Å². The molecule has 5 nitrogen and oxygen atoms in total. The second-order valence-electron chi connectivity index (χ2n) is 4.86. The molecule has 0 aliphatic heterocycles. The van der Waals surface area contributed by atoms with Crippen molar-refractivity contribution in [2.75, 3.05) is 0 Å². The first-order valence-electron chi connectivity index (χ1n) is 7.13. The molecule has 0 spiro atoms. The molecule has 0 saturated heterocycles. The Morgan fingerprint density at radius 2 is 1.67 bits per heavy atom. The van der Waals surface area contributed by atoms with E-state index in [-0.39, 0.29) is 0 Å². The lowest BCUT2D eigenvalue weighted by Crippen LogP contribution is -1.91. The van der Waals surface area contributed by atoms with Crippen molar-refractivity contribution in [3.63, 3.8) is 0 Å². The van der Waals surface area contributed by atoms with Gasteiger partial charge in [-0.05, 0) is 30.3 Å². The number of rotatable bonds is 3. The fraction of sp³-hybridized carbons (Fsp3) is 0. The number of aromatic nitrogens is 5. The third-order valence-electron chi connectivity index (χ3n) is 3.27. The van der Waals surface area contributed by atoms with E-state index in [1.54, 1.807) is 30.9 Å². The van der Waals surface area contributed by atoms with E-state index in [4.69, 9.17) is 11.6 Å². The number of halogens is 1. The summed E-state index contributed by atoms with van der Waals surface area (Å²) in [4.78, 5) is 22.5. The van der Waals surface area contributed by atoms with E-state index in [1.165, 1.54) is 11.3 Å². The largest absolute Gasteiger partial charge is 0.264 e. The SMILES string of the molecule is Clc1nc(-c2cccnc2)sc1-c1cccc(-c2ncccn2)n1. The monoisotopic (exact) mass is 351 g/mol. The zero-order valence-corrected chi connectivity index (χ0v) is 13.9. The average Bonchev–Trinajstić information content (AvgIpc) is 3.05. The fourth-order valence-corrected chi connectivity index (χ4v) is 3.45. The molecular formula is C17H10ClN5S. The molecule has 4 aromatic heterocycles. The highest BCUT2D eigenvalue weighted by molar-refractivity contribution is 7.19. The number of thiazole rings is 1. The summed E-state index contributed by atoms with van der Waals surface area (Å²) >= 11 is 7.82. The molecule has 24 heavy (non-hydrogen) atoms. The van der Waals surface area contributed by atoms with Gasteiger partial charge in [-0.3, -0.25) is 4.98 Å². The average molecular weight is 352 g/mol. The van der Waals surface area contributed by atoms with Gasteiger partial charge in [0.25, 0.3) is 0 Å². The van der Waals surface area contributed by atoms with Crippen LogP contribution in [0.15, 0.2) is 61.2 Å². The van der Waals surface area contributed by atoms with Crippen molar-refractivity contribution in [3.05, 3.63) is 66.3 Å². The minimum absolute atomic E-state index is 0.428. The highest BCUT2D eigenvalue weighted by atomic mass is 35.5. The van der Waals surface area contributed by atoms with Gasteiger partial charge in [-0.25, -0.2) is 19.9 Å².